The average Bonchev–Trinajstić information content (AvgIpc) is 2.43. The summed E-state index contributed by atoms with van der Waals surface area (Å²) in [6, 6.07) is 0. The Labute approximate surface area is 134 Å². The molecule has 0 aromatic rings. The van der Waals surface area contributed by atoms with E-state index in [-0.39, 0.29) is 0 Å². The summed E-state index contributed by atoms with van der Waals surface area (Å²) in [5.74, 6) is 0. The molecule has 0 fully saturated rings. The van der Waals surface area contributed by atoms with Crippen LogP contribution in [0.1, 0.15) is 96.8 Å². The summed E-state index contributed by atoms with van der Waals surface area (Å²) in [5.41, 5.74) is 5.47. The van der Waals surface area contributed by atoms with Gasteiger partial charge in [-0.1, -0.05) is 90.4 Å². The van der Waals surface area contributed by atoms with Crippen molar-refractivity contribution in [3.63, 3.8) is 0 Å². The van der Waals surface area contributed by atoms with Crippen LogP contribution in [0.15, 0.2) is 0 Å². The Kier molecular flexibility index (Phi) is 24.4. The highest BCUT2D eigenvalue weighted by Crippen LogP contribution is 2.12. The lowest BCUT2D eigenvalue weighted by Gasteiger charge is -2.02. The largest absolute Gasteiger partial charge is 0.330 e. The molecule has 0 aromatic heterocycles. The summed E-state index contributed by atoms with van der Waals surface area (Å²) in [6.45, 7) is 3.16. The molecule has 0 aliphatic rings. The minimum atomic E-state index is 0.873. The number of hydroxylamine groups is 2. The number of rotatable bonds is 14. The minimum absolute atomic E-state index is 0.873. The van der Waals surface area contributed by atoms with Gasteiger partial charge in [-0.3, -0.25) is 0 Å². The third-order valence-corrected chi connectivity index (χ3v) is 3.56. The van der Waals surface area contributed by atoms with E-state index in [1.54, 1.807) is 14.1 Å². The second kappa shape index (κ2) is 22.2. The van der Waals surface area contributed by atoms with E-state index in [1.165, 1.54) is 89.9 Å². The fourth-order valence-corrected chi connectivity index (χ4v) is 2.34. The highest BCUT2D eigenvalue weighted by atomic mass is 16.5. The lowest BCUT2D eigenvalue weighted by Crippen LogP contribution is -2.01. The molecule has 0 aromatic carbocycles. The van der Waals surface area contributed by atoms with Crippen LogP contribution in [0.3, 0.4) is 0 Å². The van der Waals surface area contributed by atoms with Gasteiger partial charge in [0.2, 0.25) is 0 Å². The molecular formula is C18H42N2O. The highest BCUT2D eigenvalue weighted by Gasteiger charge is 1.93. The summed E-state index contributed by atoms with van der Waals surface area (Å²) in [6.07, 6.45) is 19.9. The van der Waals surface area contributed by atoms with E-state index in [9.17, 15) is 0 Å². The molecule has 0 amide bonds. The first kappa shape index (κ1) is 23.2. The molecule has 0 aliphatic carbocycles. The Morgan fingerprint density at radius 3 is 1.10 bits per heavy atom. The van der Waals surface area contributed by atoms with Gasteiger partial charge in [-0.25, -0.2) is 0 Å². The molecule has 21 heavy (non-hydrogen) atoms. The van der Waals surface area contributed by atoms with E-state index in [2.05, 4.69) is 6.92 Å². The maximum atomic E-state index is 7.89. The van der Waals surface area contributed by atoms with Gasteiger partial charge in [-0.15, -0.1) is 0 Å². The summed E-state index contributed by atoms with van der Waals surface area (Å²) in [7, 11) is 3.11. The van der Waals surface area contributed by atoms with Crippen LogP contribution in [0, 0.1) is 0 Å². The third-order valence-electron chi connectivity index (χ3n) is 3.56. The van der Waals surface area contributed by atoms with Crippen molar-refractivity contribution in [2.24, 2.45) is 5.73 Å². The highest BCUT2D eigenvalue weighted by molar-refractivity contribution is 4.49. The van der Waals surface area contributed by atoms with Gasteiger partial charge in [0.05, 0.1) is 0 Å². The number of unbranched alkanes of at least 4 members (excludes halogenated alkanes) is 13. The Balaban J connectivity index is 0. The molecule has 0 bridgehead atoms. The standard InChI is InChI=1S/C16H35N.C2H7NO/c1-2-3-4-5-6-7-8-9-10-11-12-13-14-15-16-17;1-3(2)4/h2-17H2,1H3;4H,1-2H3. The Morgan fingerprint density at radius 2 is 0.857 bits per heavy atom. The van der Waals surface area contributed by atoms with Gasteiger partial charge < -0.3 is 10.9 Å². The van der Waals surface area contributed by atoms with Gasteiger partial charge in [-0.2, -0.15) is 5.06 Å². The predicted molar refractivity (Wildman–Crippen MR) is 94.8 cm³/mol. The van der Waals surface area contributed by atoms with Crippen molar-refractivity contribution in [2.75, 3.05) is 20.6 Å². The van der Waals surface area contributed by atoms with Crippen molar-refractivity contribution < 1.29 is 5.21 Å². The maximum absolute atomic E-state index is 7.89. The molecule has 0 saturated carbocycles. The lowest BCUT2D eigenvalue weighted by molar-refractivity contribution is -0.0372. The second-order valence-corrected chi connectivity index (χ2v) is 6.23. The first-order chi connectivity index (χ1) is 10.1. The van der Waals surface area contributed by atoms with Crippen molar-refractivity contribution in [1.29, 1.82) is 0 Å². The monoisotopic (exact) mass is 302 g/mol. The summed E-state index contributed by atoms with van der Waals surface area (Å²) < 4.78 is 0. The molecule has 0 rings (SSSR count). The molecular weight excluding hydrogens is 260 g/mol. The zero-order chi connectivity index (χ0) is 16.2. The summed E-state index contributed by atoms with van der Waals surface area (Å²) in [5, 5.41) is 8.89. The molecule has 0 spiro atoms. The van der Waals surface area contributed by atoms with Crippen molar-refractivity contribution in [2.45, 2.75) is 96.8 Å². The van der Waals surface area contributed by atoms with Crippen LogP contribution in [0.4, 0.5) is 0 Å². The molecule has 0 aliphatic heterocycles. The first-order valence-corrected chi connectivity index (χ1v) is 9.21. The van der Waals surface area contributed by atoms with Crippen molar-refractivity contribution in [1.82, 2.24) is 5.06 Å². The third kappa shape index (κ3) is 33.0. The van der Waals surface area contributed by atoms with Crippen molar-refractivity contribution >= 4 is 0 Å². The molecule has 0 heterocycles. The van der Waals surface area contributed by atoms with Crippen LogP contribution < -0.4 is 5.73 Å². The minimum Gasteiger partial charge on any atom is -0.330 e. The zero-order valence-electron chi connectivity index (χ0n) is 15.1. The molecule has 0 atom stereocenters. The van der Waals surface area contributed by atoms with E-state index in [0.717, 1.165) is 11.6 Å². The smallest absolute Gasteiger partial charge is 0.0121 e. The maximum Gasteiger partial charge on any atom is 0.0121 e. The Hall–Kier alpha value is -0.120. The Bertz CT molecular complexity index is 147. The zero-order valence-corrected chi connectivity index (χ0v) is 15.1. The summed E-state index contributed by atoms with van der Waals surface area (Å²) in [4.78, 5) is 0. The van der Waals surface area contributed by atoms with Crippen LogP contribution in [0.5, 0.6) is 0 Å². The van der Waals surface area contributed by atoms with Crippen molar-refractivity contribution in [3.05, 3.63) is 0 Å². The first-order valence-electron chi connectivity index (χ1n) is 9.21. The van der Waals surface area contributed by atoms with E-state index >= 15 is 0 Å². The van der Waals surface area contributed by atoms with Gasteiger partial charge in [-0.05, 0) is 13.0 Å². The molecule has 0 saturated heterocycles. The number of nitrogens with zero attached hydrogens (tertiary/aromatic N) is 1. The molecule has 0 radical (unpaired) electrons. The van der Waals surface area contributed by atoms with Crippen LogP contribution in [-0.4, -0.2) is 30.9 Å². The Morgan fingerprint density at radius 1 is 0.619 bits per heavy atom. The number of hydrogen-bond donors (Lipinski definition) is 2. The molecule has 0 unspecified atom stereocenters. The molecule has 3 N–H and O–H groups in total. The van der Waals surface area contributed by atoms with Gasteiger partial charge >= 0.3 is 0 Å². The van der Waals surface area contributed by atoms with Gasteiger partial charge in [0.15, 0.2) is 0 Å². The van der Waals surface area contributed by atoms with Crippen LogP contribution >= 0.6 is 0 Å². The fourth-order valence-electron chi connectivity index (χ4n) is 2.34. The van der Waals surface area contributed by atoms with E-state index in [0.29, 0.717) is 0 Å². The fraction of sp³-hybridized carbons (Fsp3) is 1.00. The molecule has 3 nitrogen and oxygen atoms in total. The topological polar surface area (TPSA) is 49.5 Å². The van der Waals surface area contributed by atoms with Gasteiger partial charge in [0.25, 0.3) is 0 Å². The van der Waals surface area contributed by atoms with E-state index in [1.807, 2.05) is 0 Å². The number of nitrogens with two attached hydrogens (primary N) is 1. The lowest BCUT2D eigenvalue weighted by atomic mass is 10.0. The van der Waals surface area contributed by atoms with E-state index in [4.69, 9.17) is 10.9 Å². The quantitative estimate of drug-likeness (QED) is 0.335. The second-order valence-electron chi connectivity index (χ2n) is 6.23. The normalized spacial score (nSPS) is 10.6. The number of hydrogen-bond acceptors (Lipinski definition) is 3. The average molecular weight is 303 g/mol. The van der Waals surface area contributed by atoms with Crippen LogP contribution in [0.2, 0.25) is 0 Å². The van der Waals surface area contributed by atoms with Crippen LogP contribution in [0.25, 0.3) is 0 Å². The summed E-state index contributed by atoms with van der Waals surface area (Å²) >= 11 is 0. The molecule has 3 heteroatoms. The van der Waals surface area contributed by atoms with Gasteiger partial charge in [0.1, 0.15) is 0 Å². The SMILES string of the molecule is CCCCCCCCCCCCCCCCN.CN(C)O. The van der Waals surface area contributed by atoms with Crippen LogP contribution in [-0.2, 0) is 0 Å². The van der Waals surface area contributed by atoms with E-state index < -0.39 is 0 Å². The predicted octanol–water partition coefficient (Wildman–Crippen LogP) is 5.36. The van der Waals surface area contributed by atoms with Gasteiger partial charge in [0, 0.05) is 14.1 Å². The van der Waals surface area contributed by atoms with Crippen molar-refractivity contribution in [3.8, 4) is 0 Å². The molecule has 130 valence electrons.